The Morgan fingerprint density at radius 3 is 1.50 bits per heavy atom. The summed E-state index contributed by atoms with van der Waals surface area (Å²) >= 11 is 0. The quantitative estimate of drug-likeness (QED) is 0.772. The maximum atomic E-state index is 10.4. The van der Waals surface area contributed by atoms with Crippen LogP contribution in [0.1, 0.15) is 41.5 Å². The highest BCUT2D eigenvalue weighted by atomic mass is 35.5. The van der Waals surface area contributed by atoms with Crippen LogP contribution in [0, 0.1) is 5.41 Å². The number of carbonyl (C=O) groups is 3. The molecule has 0 atom stereocenters. The molecule has 1 aromatic rings. The Morgan fingerprint density at radius 2 is 1.30 bits per heavy atom. The van der Waals surface area contributed by atoms with Crippen molar-refractivity contribution in [3.05, 3.63) is 35.4 Å². The molecule has 4 N–H and O–H groups in total. The van der Waals surface area contributed by atoms with E-state index in [9.17, 15) is 14.4 Å². The van der Waals surface area contributed by atoms with Crippen molar-refractivity contribution < 1.29 is 24.6 Å². The van der Waals surface area contributed by atoms with Crippen LogP contribution in [0.2, 0.25) is 0 Å². The fourth-order valence-corrected chi connectivity index (χ4v) is 0.785. The van der Waals surface area contributed by atoms with Gasteiger partial charge >= 0.3 is 11.9 Å². The number of hydrogen-bond donors (Lipinski definition) is 3. The summed E-state index contributed by atoms with van der Waals surface area (Å²) in [6, 6.07) is 5.20. The minimum atomic E-state index is -1.13. The van der Waals surface area contributed by atoms with E-state index in [0.717, 1.165) is 6.07 Å². The third-order valence-electron chi connectivity index (χ3n) is 2.10. The van der Waals surface area contributed by atoms with Crippen molar-refractivity contribution in [2.75, 3.05) is 0 Å². The van der Waals surface area contributed by atoms with Crippen LogP contribution < -0.4 is 5.73 Å². The smallest absolute Gasteiger partial charge is 0.335 e. The van der Waals surface area contributed by atoms with Gasteiger partial charge in [-0.1, -0.05) is 26.8 Å². The molecular weight excluding hydrogens is 286 g/mol. The maximum Gasteiger partial charge on any atom is 0.335 e. The van der Waals surface area contributed by atoms with E-state index in [0.29, 0.717) is 0 Å². The first-order valence-electron chi connectivity index (χ1n) is 5.42. The van der Waals surface area contributed by atoms with Gasteiger partial charge in [0.2, 0.25) is 5.91 Å². The Balaban J connectivity index is 0. The first-order valence-corrected chi connectivity index (χ1v) is 5.42. The Kier molecular flexibility index (Phi) is 8.26. The molecule has 20 heavy (non-hydrogen) atoms. The van der Waals surface area contributed by atoms with Crippen LogP contribution >= 0.6 is 12.4 Å². The van der Waals surface area contributed by atoms with Crippen LogP contribution in [-0.4, -0.2) is 28.1 Å². The van der Waals surface area contributed by atoms with Gasteiger partial charge in [0.25, 0.3) is 0 Å². The maximum absolute atomic E-state index is 10.4. The molecule has 7 heteroatoms. The normalized spacial score (nSPS) is 9.55. The summed E-state index contributed by atoms with van der Waals surface area (Å²) in [4.78, 5) is 31.0. The molecule has 0 aliphatic carbocycles. The second kappa shape index (κ2) is 8.16. The number of carbonyl (C=O) groups excluding carboxylic acids is 1. The van der Waals surface area contributed by atoms with Crippen molar-refractivity contribution in [1.29, 1.82) is 0 Å². The van der Waals surface area contributed by atoms with E-state index in [4.69, 9.17) is 15.9 Å². The van der Waals surface area contributed by atoms with Crippen LogP contribution in [0.5, 0.6) is 0 Å². The van der Waals surface area contributed by atoms with E-state index in [1.165, 1.54) is 18.2 Å². The summed E-state index contributed by atoms with van der Waals surface area (Å²) in [5, 5.41) is 17.0. The van der Waals surface area contributed by atoms with Crippen molar-refractivity contribution in [3.8, 4) is 0 Å². The average molecular weight is 304 g/mol. The Hall–Kier alpha value is -2.08. The molecular formula is C13H18ClNO5. The fourth-order valence-electron chi connectivity index (χ4n) is 0.785. The highest BCUT2D eigenvalue weighted by molar-refractivity contribution is 5.93. The van der Waals surface area contributed by atoms with E-state index >= 15 is 0 Å². The second-order valence-electron chi connectivity index (χ2n) is 4.81. The lowest BCUT2D eigenvalue weighted by molar-refractivity contribution is -0.125. The Labute approximate surface area is 123 Å². The highest BCUT2D eigenvalue weighted by Crippen LogP contribution is 2.09. The number of hydrogen-bond acceptors (Lipinski definition) is 3. The molecule has 0 radical (unpaired) electrons. The van der Waals surface area contributed by atoms with Gasteiger partial charge in [-0.2, -0.15) is 0 Å². The van der Waals surface area contributed by atoms with Gasteiger partial charge in [0.15, 0.2) is 0 Å². The van der Waals surface area contributed by atoms with E-state index < -0.39 is 11.9 Å². The number of carboxylic acids is 2. The zero-order valence-electron chi connectivity index (χ0n) is 11.4. The van der Waals surface area contributed by atoms with Gasteiger partial charge in [-0.15, -0.1) is 12.4 Å². The van der Waals surface area contributed by atoms with Crippen molar-refractivity contribution in [1.82, 2.24) is 0 Å². The first-order chi connectivity index (χ1) is 8.55. The predicted molar refractivity (Wildman–Crippen MR) is 76.3 cm³/mol. The molecule has 0 saturated heterocycles. The fraction of sp³-hybridized carbons (Fsp3) is 0.308. The van der Waals surface area contributed by atoms with Crippen molar-refractivity contribution >= 4 is 30.3 Å². The number of primary amides is 1. The molecule has 0 aliphatic heterocycles. The largest absolute Gasteiger partial charge is 0.478 e. The molecule has 0 aliphatic rings. The van der Waals surface area contributed by atoms with Gasteiger partial charge in [-0.25, -0.2) is 9.59 Å². The minimum absolute atomic E-state index is 0. The Bertz CT molecular complexity index is 465. The van der Waals surface area contributed by atoms with Gasteiger partial charge < -0.3 is 15.9 Å². The zero-order chi connectivity index (χ0) is 15.2. The molecule has 0 aromatic heterocycles. The monoisotopic (exact) mass is 303 g/mol. The lowest BCUT2D eigenvalue weighted by atomic mass is 9.96. The van der Waals surface area contributed by atoms with Crippen molar-refractivity contribution in [3.63, 3.8) is 0 Å². The Morgan fingerprint density at radius 1 is 1.00 bits per heavy atom. The lowest BCUT2D eigenvalue weighted by Gasteiger charge is -2.10. The molecule has 112 valence electrons. The summed E-state index contributed by atoms with van der Waals surface area (Å²) < 4.78 is 0. The van der Waals surface area contributed by atoms with Crippen LogP contribution in [0.3, 0.4) is 0 Å². The number of aromatic carboxylic acids is 2. The molecule has 0 saturated carbocycles. The topological polar surface area (TPSA) is 118 Å². The number of benzene rings is 1. The summed E-state index contributed by atoms with van der Waals surface area (Å²) in [5.41, 5.74) is 4.53. The van der Waals surface area contributed by atoms with Gasteiger partial charge in [0, 0.05) is 5.41 Å². The SMILES string of the molecule is CC(C)(C)C(N)=O.Cl.O=C(O)c1cccc(C(=O)O)c1. The summed E-state index contributed by atoms with van der Waals surface area (Å²) in [6.07, 6.45) is 0. The molecule has 0 heterocycles. The number of amides is 1. The molecule has 1 amide bonds. The minimum Gasteiger partial charge on any atom is -0.478 e. The summed E-state index contributed by atoms with van der Waals surface area (Å²) in [7, 11) is 0. The number of halogens is 1. The predicted octanol–water partition coefficient (Wildman–Crippen LogP) is 2.02. The number of nitrogens with two attached hydrogens (primary N) is 1. The number of rotatable bonds is 2. The van der Waals surface area contributed by atoms with Crippen LogP contribution in [0.15, 0.2) is 24.3 Å². The van der Waals surface area contributed by atoms with E-state index in [2.05, 4.69) is 0 Å². The molecule has 0 bridgehead atoms. The molecule has 0 fully saturated rings. The standard InChI is InChI=1S/C8H6O4.C5H11NO.ClH/c9-7(10)5-2-1-3-6(4-5)8(11)12;1-5(2,3)4(6)7;/h1-4H,(H,9,10)(H,11,12);1-3H3,(H2,6,7);1H. The number of carboxylic acid groups (broad SMARTS) is 2. The van der Waals surface area contributed by atoms with Gasteiger partial charge in [0.1, 0.15) is 0 Å². The highest BCUT2D eigenvalue weighted by Gasteiger charge is 2.16. The molecule has 1 rings (SSSR count). The van der Waals surface area contributed by atoms with E-state index in [1.807, 2.05) is 0 Å². The van der Waals surface area contributed by atoms with Crippen LogP contribution in [-0.2, 0) is 4.79 Å². The third kappa shape index (κ3) is 7.38. The van der Waals surface area contributed by atoms with Gasteiger partial charge in [-0.3, -0.25) is 4.79 Å². The lowest BCUT2D eigenvalue weighted by Crippen LogP contribution is -2.27. The third-order valence-corrected chi connectivity index (χ3v) is 2.10. The summed E-state index contributed by atoms with van der Waals surface area (Å²) in [5.74, 6) is -2.51. The summed E-state index contributed by atoms with van der Waals surface area (Å²) in [6.45, 7) is 5.36. The van der Waals surface area contributed by atoms with Crippen molar-refractivity contribution in [2.45, 2.75) is 20.8 Å². The zero-order valence-corrected chi connectivity index (χ0v) is 12.2. The van der Waals surface area contributed by atoms with E-state index in [1.54, 1.807) is 20.8 Å². The van der Waals surface area contributed by atoms with Crippen LogP contribution in [0.4, 0.5) is 0 Å². The molecule has 0 unspecified atom stereocenters. The van der Waals surface area contributed by atoms with E-state index in [-0.39, 0.29) is 34.9 Å². The molecule has 6 nitrogen and oxygen atoms in total. The molecule has 0 spiro atoms. The first kappa shape index (κ1) is 20.2. The molecule has 1 aromatic carbocycles. The average Bonchev–Trinajstić information content (AvgIpc) is 2.28. The van der Waals surface area contributed by atoms with Gasteiger partial charge in [-0.05, 0) is 18.2 Å². The van der Waals surface area contributed by atoms with Crippen molar-refractivity contribution in [2.24, 2.45) is 11.1 Å². The van der Waals surface area contributed by atoms with Gasteiger partial charge in [0.05, 0.1) is 11.1 Å². The van der Waals surface area contributed by atoms with Crippen LogP contribution in [0.25, 0.3) is 0 Å². The second-order valence-corrected chi connectivity index (χ2v) is 4.81.